The molecule has 2 rings (SSSR count). The summed E-state index contributed by atoms with van der Waals surface area (Å²) in [5.74, 6) is -0.484. The Labute approximate surface area is 98.1 Å². The Hall–Kier alpha value is -2.30. The number of benzene rings is 1. The number of rotatable bonds is 3. The number of aromatic nitrogens is 2. The van der Waals surface area contributed by atoms with Crippen LogP contribution in [-0.4, -0.2) is 28.2 Å². The van der Waals surface area contributed by atoms with Gasteiger partial charge in [-0.1, -0.05) is 11.6 Å². The van der Waals surface area contributed by atoms with Crippen LogP contribution in [0.15, 0.2) is 24.4 Å². The Morgan fingerprint density at radius 1 is 1.47 bits per heavy atom. The maximum atomic E-state index is 10.7. The number of imidazole rings is 1. The number of aryl methyl sites for hydroxylation is 1. The minimum atomic E-state index is -1.08. The average Bonchev–Trinajstić information content (AvgIpc) is 2.78. The Morgan fingerprint density at radius 2 is 2.24 bits per heavy atom. The van der Waals surface area contributed by atoms with Gasteiger partial charge in [0.2, 0.25) is 5.82 Å². The number of methoxy groups -OCH3 is 1. The lowest BCUT2D eigenvalue weighted by Crippen LogP contribution is -1.98. The minimum Gasteiger partial charge on any atom is -0.496 e. The fourth-order valence-electron chi connectivity index (χ4n) is 1.60. The molecule has 2 N–H and O–H groups in total. The lowest BCUT2D eigenvalue weighted by atomic mass is 10.1. The van der Waals surface area contributed by atoms with Crippen LogP contribution in [0.4, 0.5) is 0 Å². The highest BCUT2D eigenvalue weighted by molar-refractivity contribution is 5.84. The van der Waals surface area contributed by atoms with Crippen molar-refractivity contribution in [1.82, 2.24) is 9.97 Å². The predicted molar refractivity (Wildman–Crippen MR) is 62.3 cm³/mol. The molecule has 0 saturated heterocycles. The molecule has 0 atom stereocenters. The summed E-state index contributed by atoms with van der Waals surface area (Å²) in [5.41, 5.74) is 2.49. The van der Waals surface area contributed by atoms with Crippen molar-refractivity contribution >= 4 is 5.97 Å². The van der Waals surface area contributed by atoms with Gasteiger partial charge in [-0.25, -0.2) is 9.78 Å². The van der Waals surface area contributed by atoms with E-state index < -0.39 is 5.97 Å². The van der Waals surface area contributed by atoms with E-state index in [9.17, 15) is 4.79 Å². The lowest BCUT2D eigenvalue weighted by molar-refractivity contribution is 0.0685. The Bertz CT molecular complexity index is 561. The highest BCUT2D eigenvalue weighted by Crippen LogP contribution is 2.29. The monoisotopic (exact) mass is 232 g/mol. The van der Waals surface area contributed by atoms with E-state index >= 15 is 0 Å². The van der Waals surface area contributed by atoms with Gasteiger partial charge in [0, 0.05) is 5.56 Å². The number of H-pyrrole nitrogens is 1. The second kappa shape index (κ2) is 4.29. The normalized spacial score (nSPS) is 10.2. The summed E-state index contributed by atoms with van der Waals surface area (Å²) in [7, 11) is 1.57. The molecule has 0 spiro atoms. The van der Waals surface area contributed by atoms with Crippen LogP contribution in [-0.2, 0) is 0 Å². The number of nitrogens with zero attached hydrogens (tertiary/aromatic N) is 1. The van der Waals surface area contributed by atoms with Crippen LogP contribution in [0.3, 0.4) is 0 Å². The fraction of sp³-hybridized carbons (Fsp3) is 0.167. The van der Waals surface area contributed by atoms with Gasteiger partial charge in [0.25, 0.3) is 0 Å². The number of hydrogen-bond acceptors (Lipinski definition) is 3. The number of carboxylic acids is 1. The Kier molecular flexibility index (Phi) is 2.82. The summed E-state index contributed by atoms with van der Waals surface area (Å²) in [6, 6.07) is 5.68. The standard InChI is InChI=1S/C12H12N2O3/c1-7-3-4-10(17-2)8(5-7)9-6-13-11(14-9)12(15)16/h3-6H,1-2H3,(H,13,14)(H,15,16). The first-order chi connectivity index (χ1) is 8.11. The lowest BCUT2D eigenvalue weighted by Gasteiger charge is -2.07. The zero-order valence-electron chi connectivity index (χ0n) is 9.52. The molecule has 1 aromatic heterocycles. The van der Waals surface area contributed by atoms with Crippen molar-refractivity contribution in [3.05, 3.63) is 35.8 Å². The first kappa shape index (κ1) is 11.2. The molecule has 1 aromatic carbocycles. The van der Waals surface area contributed by atoms with Crippen molar-refractivity contribution in [2.45, 2.75) is 6.92 Å². The molecule has 0 fully saturated rings. The number of carboxylic acid groups (broad SMARTS) is 1. The minimum absolute atomic E-state index is 0.0800. The van der Waals surface area contributed by atoms with Gasteiger partial charge in [0.05, 0.1) is 19.0 Å². The zero-order valence-corrected chi connectivity index (χ0v) is 9.52. The van der Waals surface area contributed by atoms with Gasteiger partial charge in [-0.05, 0) is 19.1 Å². The van der Waals surface area contributed by atoms with Crippen molar-refractivity contribution in [3.63, 3.8) is 0 Å². The molecule has 88 valence electrons. The van der Waals surface area contributed by atoms with Crippen LogP contribution < -0.4 is 4.74 Å². The van der Waals surface area contributed by atoms with Gasteiger partial charge in [-0.3, -0.25) is 0 Å². The van der Waals surface area contributed by atoms with Gasteiger partial charge < -0.3 is 14.8 Å². The quantitative estimate of drug-likeness (QED) is 0.849. The maximum absolute atomic E-state index is 10.7. The number of hydrogen-bond donors (Lipinski definition) is 2. The van der Waals surface area contributed by atoms with Crippen LogP contribution in [0.2, 0.25) is 0 Å². The summed E-state index contributed by atoms with van der Waals surface area (Å²) in [6.07, 6.45) is 1.49. The summed E-state index contributed by atoms with van der Waals surface area (Å²) in [4.78, 5) is 17.3. The Balaban J connectivity index is 2.51. The molecule has 0 bridgehead atoms. The number of aromatic amines is 1. The zero-order chi connectivity index (χ0) is 12.4. The van der Waals surface area contributed by atoms with Crippen molar-refractivity contribution in [3.8, 4) is 17.0 Å². The molecule has 0 amide bonds. The van der Waals surface area contributed by atoms with E-state index in [-0.39, 0.29) is 5.82 Å². The molecule has 2 aromatic rings. The molecule has 5 heteroatoms. The number of nitrogens with one attached hydrogen (secondary N) is 1. The van der Waals surface area contributed by atoms with Gasteiger partial charge in [-0.2, -0.15) is 0 Å². The van der Waals surface area contributed by atoms with E-state index in [0.29, 0.717) is 11.4 Å². The second-order valence-corrected chi connectivity index (χ2v) is 3.65. The molecule has 0 aliphatic rings. The second-order valence-electron chi connectivity index (χ2n) is 3.65. The third kappa shape index (κ3) is 2.13. The van der Waals surface area contributed by atoms with Gasteiger partial charge in [-0.15, -0.1) is 0 Å². The highest BCUT2D eigenvalue weighted by Gasteiger charge is 2.12. The van der Waals surface area contributed by atoms with Crippen LogP contribution in [0.1, 0.15) is 16.2 Å². The van der Waals surface area contributed by atoms with E-state index in [0.717, 1.165) is 11.1 Å². The first-order valence-corrected chi connectivity index (χ1v) is 5.05. The third-order valence-corrected chi connectivity index (χ3v) is 2.42. The molecule has 0 saturated carbocycles. The van der Waals surface area contributed by atoms with E-state index in [1.165, 1.54) is 6.20 Å². The van der Waals surface area contributed by atoms with Gasteiger partial charge in [0.1, 0.15) is 5.75 Å². The molecule has 1 heterocycles. The third-order valence-electron chi connectivity index (χ3n) is 2.42. The molecule has 0 aliphatic heterocycles. The Morgan fingerprint density at radius 3 is 2.82 bits per heavy atom. The van der Waals surface area contributed by atoms with Crippen LogP contribution >= 0.6 is 0 Å². The topological polar surface area (TPSA) is 75.2 Å². The van der Waals surface area contributed by atoms with Crippen LogP contribution in [0, 0.1) is 6.92 Å². The van der Waals surface area contributed by atoms with Gasteiger partial charge in [0.15, 0.2) is 0 Å². The predicted octanol–water partition coefficient (Wildman–Crippen LogP) is 2.09. The largest absolute Gasteiger partial charge is 0.496 e. The number of carbonyl (C=O) groups is 1. The highest BCUT2D eigenvalue weighted by atomic mass is 16.5. The van der Waals surface area contributed by atoms with Gasteiger partial charge >= 0.3 is 5.97 Å². The molecule has 17 heavy (non-hydrogen) atoms. The maximum Gasteiger partial charge on any atom is 0.371 e. The SMILES string of the molecule is COc1ccc(C)cc1-c1cnc(C(=O)O)[nH]1. The van der Waals surface area contributed by atoms with Crippen molar-refractivity contribution < 1.29 is 14.6 Å². The smallest absolute Gasteiger partial charge is 0.371 e. The van der Waals surface area contributed by atoms with E-state index in [1.807, 2.05) is 25.1 Å². The summed E-state index contributed by atoms with van der Waals surface area (Å²) in [6.45, 7) is 1.96. The van der Waals surface area contributed by atoms with E-state index in [4.69, 9.17) is 9.84 Å². The van der Waals surface area contributed by atoms with E-state index in [2.05, 4.69) is 9.97 Å². The number of ether oxygens (including phenoxy) is 1. The molecule has 0 radical (unpaired) electrons. The molecular weight excluding hydrogens is 220 g/mol. The van der Waals surface area contributed by atoms with Crippen molar-refractivity contribution in [1.29, 1.82) is 0 Å². The molecule has 0 aliphatic carbocycles. The fourth-order valence-corrected chi connectivity index (χ4v) is 1.60. The molecular formula is C12H12N2O3. The molecule has 5 nitrogen and oxygen atoms in total. The average molecular weight is 232 g/mol. The van der Waals surface area contributed by atoms with Crippen molar-refractivity contribution in [2.24, 2.45) is 0 Å². The van der Waals surface area contributed by atoms with Crippen LogP contribution in [0.25, 0.3) is 11.3 Å². The molecule has 0 unspecified atom stereocenters. The first-order valence-electron chi connectivity index (χ1n) is 5.05. The van der Waals surface area contributed by atoms with E-state index in [1.54, 1.807) is 7.11 Å². The summed E-state index contributed by atoms with van der Waals surface area (Å²) >= 11 is 0. The number of aromatic carboxylic acids is 1. The summed E-state index contributed by atoms with van der Waals surface area (Å²) < 4.78 is 5.23. The van der Waals surface area contributed by atoms with Crippen molar-refractivity contribution in [2.75, 3.05) is 7.11 Å². The summed E-state index contributed by atoms with van der Waals surface area (Å²) in [5, 5.41) is 8.80. The van der Waals surface area contributed by atoms with Crippen LogP contribution in [0.5, 0.6) is 5.75 Å².